The molecule has 2 aromatic carbocycles. The number of nitrogens with one attached hydrogen (secondary N) is 1. The van der Waals surface area contributed by atoms with E-state index in [9.17, 15) is 4.79 Å². The number of aryl methyl sites for hydroxylation is 1. The van der Waals surface area contributed by atoms with Gasteiger partial charge in [0.05, 0.1) is 12.1 Å². The zero-order chi connectivity index (χ0) is 22.7. The fourth-order valence-corrected chi connectivity index (χ4v) is 3.62. The molecule has 32 heavy (non-hydrogen) atoms. The topological polar surface area (TPSA) is 82.2 Å². The van der Waals surface area contributed by atoms with Gasteiger partial charge in [-0.25, -0.2) is 0 Å². The number of anilines is 1. The molecule has 0 unspecified atom stereocenters. The summed E-state index contributed by atoms with van der Waals surface area (Å²) in [6.07, 6.45) is 1.73. The van der Waals surface area contributed by atoms with E-state index in [1.165, 1.54) is 0 Å². The van der Waals surface area contributed by atoms with Gasteiger partial charge >= 0.3 is 0 Å². The molecule has 2 heterocycles. The van der Waals surface area contributed by atoms with Crippen LogP contribution in [0.3, 0.4) is 0 Å². The number of carbonyl (C=O) groups is 1. The van der Waals surface area contributed by atoms with Gasteiger partial charge < -0.3 is 14.6 Å². The maximum Gasteiger partial charge on any atom is 0.279 e. The molecule has 2 aromatic heterocycles. The zero-order valence-electron chi connectivity index (χ0n) is 16.8. The highest BCUT2D eigenvalue weighted by atomic mass is 35.5. The van der Waals surface area contributed by atoms with Crippen LogP contribution in [0.25, 0.3) is 0 Å². The molecular weight excluding hydrogens is 475 g/mol. The van der Waals surface area contributed by atoms with E-state index >= 15 is 0 Å². The van der Waals surface area contributed by atoms with Crippen molar-refractivity contribution in [2.24, 2.45) is 0 Å². The molecule has 1 N–H and O–H groups in total. The SMILES string of the molecule is Cc1onc(C(=O)Nc2ccn(Cc3ccc(Cl)cc3Cl)n2)c1COc1cccc(Cl)c1. The smallest absolute Gasteiger partial charge is 0.279 e. The van der Waals surface area contributed by atoms with Crippen LogP contribution in [0.15, 0.2) is 59.3 Å². The summed E-state index contributed by atoms with van der Waals surface area (Å²) in [5.41, 5.74) is 1.51. The summed E-state index contributed by atoms with van der Waals surface area (Å²) in [5.74, 6) is 0.966. The number of amides is 1. The van der Waals surface area contributed by atoms with Crippen molar-refractivity contribution >= 4 is 46.5 Å². The Morgan fingerprint density at radius 2 is 1.94 bits per heavy atom. The van der Waals surface area contributed by atoms with Crippen molar-refractivity contribution in [2.75, 3.05) is 5.32 Å². The Morgan fingerprint density at radius 1 is 1.12 bits per heavy atom. The van der Waals surface area contributed by atoms with Crippen LogP contribution in [0.1, 0.15) is 27.4 Å². The molecule has 0 aliphatic carbocycles. The highest BCUT2D eigenvalue weighted by Crippen LogP contribution is 2.23. The van der Waals surface area contributed by atoms with Gasteiger partial charge in [-0.3, -0.25) is 9.48 Å². The van der Waals surface area contributed by atoms with E-state index in [2.05, 4.69) is 15.6 Å². The third-order valence-electron chi connectivity index (χ3n) is 4.61. The minimum Gasteiger partial charge on any atom is -0.489 e. The van der Waals surface area contributed by atoms with E-state index in [-0.39, 0.29) is 12.3 Å². The molecule has 4 aromatic rings. The number of rotatable bonds is 7. The van der Waals surface area contributed by atoms with Gasteiger partial charge in [-0.05, 0) is 42.8 Å². The number of carbonyl (C=O) groups excluding carboxylic acids is 1. The van der Waals surface area contributed by atoms with E-state index in [1.807, 2.05) is 6.07 Å². The van der Waals surface area contributed by atoms with Gasteiger partial charge in [0.15, 0.2) is 11.5 Å². The molecule has 0 atom stereocenters. The molecule has 0 bridgehead atoms. The monoisotopic (exact) mass is 490 g/mol. The highest BCUT2D eigenvalue weighted by Gasteiger charge is 2.21. The van der Waals surface area contributed by atoms with Crippen molar-refractivity contribution in [2.45, 2.75) is 20.1 Å². The predicted octanol–water partition coefficient (Wildman–Crippen LogP) is 6.02. The molecule has 7 nitrogen and oxygen atoms in total. The lowest BCUT2D eigenvalue weighted by molar-refractivity contribution is 0.101. The fourth-order valence-electron chi connectivity index (χ4n) is 2.97. The second kappa shape index (κ2) is 9.65. The molecule has 0 aliphatic heterocycles. The lowest BCUT2D eigenvalue weighted by Gasteiger charge is -2.07. The number of halogens is 3. The summed E-state index contributed by atoms with van der Waals surface area (Å²) >= 11 is 18.1. The predicted molar refractivity (Wildman–Crippen MR) is 123 cm³/mol. The average Bonchev–Trinajstić information content (AvgIpc) is 3.34. The maximum atomic E-state index is 12.8. The van der Waals surface area contributed by atoms with Crippen LogP contribution in [0.4, 0.5) is 5.82 Å². The number of hydrogen-bond acceptors (Lipinski definition) is 5. The van der Waals surface area contributed by atoms with Crippen LogP contribution >= 0.6 is 34.8 Å². The van der Waals surface area contributed by atoms with E-state index in [1.54, 1.807) is 60.3 Å². The van der Waals surface area contributed by atoms with Crippen LogP contribution in [0, 0.1) is 6.92 Å². The average molecular weight is 492 g/mol. The molecule has 10 heteroatoms. The Bertz CT molecular complexity index is 1270. The third kappa shape index (κ3) is 5.24. The summed E-state index contributed by atoms with van der Waals surface area (Å²) in [6.45, 7) is 2.24. The normalized spacial score (nSPS) is 10.9. The van der Waals surface area contributed by atoms with Gasteiger partial charge in [0.25, 0.3) is 5.91 Å². The second-order valence-corrected chi connectivity index (χ2v) is 8.18. The Balaban J connectivity index is 1.43. The Kier molecular flexibility index (Phi) is 6.69. The first-order valence-corrected chi connectivity index (χ1v) is 10.6. The number of hydrogen-bond donors (Lipinski definition) is 1. The molecule has 0 saturated heterocycles. The molecule has 4 rings (SSSR count). The van der Waals surface area contributed by atoms with Crippen molar-refractivity contribution in [3.05, 3.63) is 92.4 Å². The van der Waals surface area contributed by atoms with Gasteiger partial charge in [-0.15, -0.1) is 0 Å². The van der Waals surface area contributed by atoms with Crippen LogP contribution in [0.5, 0.6) is 5.75 Å². The zero-order valence-corrected chi connectivity index (χ0v) is 19.1. The Hall–Kier alpha value is -3.00. The summed E-state index contributed by atoms with van der Waals surface area (Å²) in [4.78, 5) is 12.8. The van der Waals surface area contributed by atoms with E-state index < -0.39 is 5.91 Å². The number of nitrogens with zero attached hydrogens (tertiary/aromatic N) is 3. The Morgan fingerprint density at radius 3 is 2.72 bits per heavy atom. The minimum atomic E-state index is -0.457. The summed E-state index contributed by atoms with van der Waals surface area (Å²) in [5, 5.41) is 12.6. The van der Waals surface area contributed by atoms with E-state index in [0.29, 0.717) is 44.5 Å². The second-order valence-electron chi connectivity index (χ2n) is 6.90. The van der Waals surface area contributed by atoms with Crippen LogP contribution in [-0.2, 0) is 13.2 Å². The molecule has 0 saturated carbocycles. The minimum absolute atomic E-state index is 0.0991. The van der Waals surface area contributed by atoms with Crippen LogP contribution in [-0.4, -0.2) is 20.8 Å². The quantitative estimate of drug-likeness (QED) is 0.342. The first-order chi connectivity index (χ1) is 15.4. The fraction of sp³-hybridized carbons (Fsp3) is 0.136. The number of ether oxygens (including phenoxy) is 1. The number of aromatic nitrogens is 3. The van der Waals surface area contributed by atoms with Crippen LogP contribution in [0.2, 0.25) is 15.1 Å². The van der Waals surface area contributed by atoms with Gasteiger partial charge in [-0.2, -0.15) is 5.10 Å². The maximum absolute atomic E-state index is 12.8. The van der Waals surface area contributed by atoms with Crippen molar-refractivity contribution < 1.29 is 14.1 Å². The lowest BCUT2D eigenvalue weighted by Crippen LogP contribution is -2.16. The van der Waals surface area contributed by atoms with Crippen molar-refractivity contribution in [3.63, 3.8) is 0 Å². The first-order valence-electron chi connectivity index (χ1n) is 9.51. The van der Waals surface area contributed by atoms with Crippen molar-refractivity contribution in [1.82, 2.24) is 14.9 Å². The van der Waals surface area contributed by atoms with Gasteiger partial charge in [0, 0.05) is 27.3 Å². The van der Waals surface area contributed by atoms with Crippen LogP contribution < -0.4 is 10.1 Å². The molecular formula is C22H17Cl3N4O3. The molecule has 1 amide bonds. The Labute approximate surface area is 198 Å². The molecule has 0 aliphatic rings. The summed E-state index contributed by atoms with van der Waals surface area (Å²) in [7, 11) is 0. The largest absolute Gasteiger partial charge is 0.489 e. The summed E-state index contributed by atoms with van der Waals surface area (Å²) < 4.78 is 12.6. The molecule has 164 valence electrons. The molecule has 0 radical (unpaired) electrons. The van der Waals surface area contributed by atoms with Gasteiger partial charge in [0.2, 0.25) is 0 Å². The van der Waals surface area contributed by atoms with Crippen molar-refractivity contribution in [3.8, 4) is 5.75 Å². The van der Waals surface area contributed by atoms with Gasteiger partial charge in [-0.1, -0.05) is 52.1 Å². The van der Waals surface area contributed by atoms with E-state index in [0.717, 1.165) is 5.56 Å². The highest BCUT2D eigenvalue weighted by molar-refractivity contribution is 6.35. The number of benzene rings is 2. The third-order valence-corrected chi connectivity index (χ3v) is 5.43. The molecule has 0 fully saturated rings. The molecule has 0 spiro atoms. The van der Waals surface area contributed by atoms with Gasteiger partial charge in [0.1, 0.15) is 18.1 Å². The summed E-state index contributed by atoms with van der Waals surface area (Å²) in [6, 6.07) is 13.9. The first kappa shape index (κ1) is 22.2. The standard InChI is InChI=1S/C22H17Cl3N4O3/c1-13-18(12-31-17-4-2-3-15(23)9-17)21(28-32-13)22(30)26-20-7-8-29(27-20)11-14-5-6-16(24)10-19(14)25/h2-10H,11-12H2,1H3,(H,26,27,30). The van der Waals surface area contributed by atoms with Crippen molar-refractivity contribution in [1.29, 1.82) is 0 Å². The lowest BCUT2D eigenvalue weighted by atomic mass is 10.2. The van der Waals surface area contributed by atoms with E-state index in [4.69, 9.17) is 44.1 Å².